The Labute approximate surface area is 194 Å². The normalized spacial score (nSPS) is 20.4. The molecule has 0 spiro atoms. The molecular formula is C24H25F4NO3S. The molecule has 0 aliphatic heterocycles. The third-order valence-corrected chi connectivity index (χ3v) is 7.38. The summed E-state index contributed by atoms with van der Waals surface area (Å²) in [7, 11) is 0. The molecule has 1 amide bonds. The first-order valence-corrected chi connectivity index (χ1v) is 11.7. The molecule has 1 aliphatic rings. The van der Waals surface area contributed by atoms with Gasteiger partial charge in [0.05, 0.1) is 12.0 Å². The molecule has 0 saturated heterocycles. The van der Waals surface area contributed by atoms with Crippen molar-refractivity contribution in [2.75, 3.05) is 11.9 Å². The van der Waals surface area contributed by atoms with Gasteiger partial charge in [-0.15, -0.1) is 11.8 Å². The minimum absolute atomic E-state index is 0.0622. The number of halogens is 4. The van der Waals surface area contributed by atoms with E-state index in [1.807, 2.05) is 6.92 Å². The first-order valence-electron chi connectivity index (χ1n) is 10.8. The topological polar surface area (TPSA) is 55.4 Å². The molecule has 1 fully saturated rings. The summed E-state index contributed by atoms with van der Waals surface area (Å²) in [5.41, 5.74) is -0.668. The van der Waals surface area contributed by atoms with Crippen LogP contribution >= 0.6 is 11.8 Å². The van der Waals surface area contributed by atoms with E-state index in [1.54, 1.807) is 6.92 Å². The minimum Gasteiger partial charge on any atom is -0.466 e. The van der Waals surface area contributed by atoms with Gasteiger partial charge in [-0.05, 0) is 57.2 Å². The Morgan fingerprint density at radius 3 is 2.24 bits per heavy atom. The number of thioether (sulfide) groups is 1. The summed E-state index contributed by atoms with van der Waals surface area (Å²) in [6.07, 6.45) is 3.35. The molecule has 1 saturated carbocycles. The third-order valence-electron chi connectivity index (χ3n) is 6.00. The number of hydrogen-bond acceptors (Lipinski definition) is 4. The second-order valence-electron chi connectivity index (χ2n) is 8.02. The molecule has 0 heterocycles. The second kappa shape index (κ2) is 10.6. The first-order chi connectivity index (χ1) is 15.7. The van der Waals surface area contributed by atoms with Gasteiger partial charge >= 0.3 is 5.97 Å². The summed E-state index contributed by atoms with van der Waals surface area (Å²) in [6, 6.07) is 5.12. The smallest absolute Gasteiger partial charge is 0.312 e. The lowest BCUT2D eigenvalue weighted by atomic mass is 9.72. The molecule has 178 valence electrons. The summed E-state index contributed by atoms with van der Waals surface area (Å²) in [5, 5.41) is 2.35. The van der Waals surface area contributed by atoms with Crippen molar-refractivity contribution in [3.05, 3.63) is 59.2 Å². The Kier molecular flexibility index (Phi) is 8.05. The van der Waals surface area contributed by atoms with Crippen LogP contribution in [0.2, 0.25) is 0 Å². The molecule has 0 aromatic heterocycles. The van der Waals surface area contributed by atoms with E-state index in [2.05, 4.69) is 5.32 Å². The van der Waals surface area contributed by atoms with Crippen LogP contribution in [0.3, 0.4) is 0 Å². The average molecular weight is 484 g/mol. The zero-order valence-electron chi connectivity index (χ0n) is 18.4. The van der Waals surface area contributed by atoms with Gasteiger partial charge in [0.25, 0.3) is 5.91 Å². The van der Waals surface area contributed by atoms with Gasteiger partial charge in [0.2, 0.25) is 0 Å². The number of hydrogen-bond donors (Lipinski definition) is 1. The molecule has 1 N–H and O–H groups in total. The number of carbonyl (C=O) groups excluding carboxylic acids is 2. The number of esters is 1. The fourth-order valence-corrected chi connectivity index (χ4v) is 5.20. The van der Waals surface area contributed by atoms with Gasteiger partial charge in [-0.2, -0.15) is 0 Å². The Morgan fingerprint density at radius 2 is 1.67 bits per heavy atom. The highest BCUT2D eigenvalue weighted by Crippen LogP contribution is 2.45. The molecule has 3 rings (SSSR count). The van der Waals surface area contributed by atoms with Crippen molar-refractivity contribution in [2.24, 2.45) is 5.41 Å². The summed E-state index contributed by atoms with van der Waals surface area (Å²) in [5.74, 6) is -5.87. The predicted octanol–water partition coefficient (Wildman–Crippen LogP) is 6.49. The molecule has 0 radical (unpaired) electrons. The molecule has 0 bridgehead atoms. The van der Waals surface area contributed by atoms with Crippen LogP contribution in [0, 0.1) is 28.7 Å². The molecule has 9 heteroatoms. The number of benzene rings is 2. The number of nitrogens with one attached hydrogen (secondary N) is 1. The first kappa shape index (κ1) is 25.1. The van der Waals surface area contributed by atoms with E-state index >= 15 is 0 Å². The van der Waals surface area contributed by atoms with E-state index in [9.17, 15) is 27.2 Å². The van der Waals surface area contributed by atoms with Crippen LogP contribution in [0.1, 0.15) is 56.3 Å². The average Bonchev–Trinajstić information content (AvgIpc) is 2.79. The second-order valence-corrected chi connectivity index (χ2v) is 9.37. The van der Waals surface area contributed by atoms with Crippen LogP contribution in [0.4, 0.5) is 23.2 Å². The zero-order chi connectivity index (χ0) is 24.2. The van der Waals surface area contributed by atoms with Gasteiger partial charge in [0.15, 0.2) is 17.5 Å². The Bertz CT molecular complexity index is 1020. The minimum atomic E-state index is -1.63. The highest BCUT2D eigenvalue weighted by Gasteiger charge is 2.41. The monoisotopic (exact) mass is 483 g/mol. The van der Waals surface area contributed by atoms with E-state index in [1.165, 1.54) is 23.9 Å². The van der Waals surface area contributed by atoms with Crippen LogP contribution in [-0.2, 0) is 9.53 Å². The van der Waals surface area contributed by atoms with E-state index in [0.29, 0.717) is 50.8 Å². The van der Waals surface area contributed by atoms with Crippen molar-refractivity contribution < 1.29 is 31.9 Å². The fraction of sp³-hybridized carbons (Fsp3) is 0.417. The van der Waals surface area contributed by atoms with Crippen LogP contribution in [0.25, 0.3) is 0 Å². The lowest BCUT2D eigenvalue weighted by molar-refractivity contribution is -0.157. The van der Waals surface area contributed by atoms with Crippen LogP contribution < -0.4 is 5.32 Å². The molecule has 2 aromatic carbocycles. The van der Waals surface area contributed by atoms with Crippen LogP contribution in [0.5, 0.6) is 0 Å². The maximum Gasteiger partial charge on any atom is 0.312 e. The lowest BCUT2D eigenvalue weighted by Crippen LogP contribution is -2.37. The largest absolute Gasteiger partial charge is 0.466 e. The summed E-state index contributed by atoms with van der Waals surface area (Å²) >= 11 is 1.30. The van der Waals surface area contributed by atoms with Gasteiger partial charge in [-0.3, -0.25) is 9.59 Å². The number of ether oxygens (including phenoxy) is 1. The fourth-order valence-electron chi connectivity index (χ4n) is 3.99. The van der Waals surface area contributed by atoms with Gasteiger partial charge in [-0.1, -0.05) is 6.92 Å². The molecule has 0 atom stereocenters. The number of carbonyl (C=O) groups is 2. The number of anilines is 1. The molecule has 2 aromatic rings. The van der Waals surface area contributed by atoms with E-state index in [0.717, 1.165) is 6.07 Å². The maximum atomic E-state index is 14.4. The van der Waals surface area contributed by atoms with Gasteiger partial charge in [-0.25, -0.2) is 17.6 Å². The number of rotatable bonds is 7. The molecule has 1 aliphatic carbocycles. The molecule has 33 heavy (non-hydrogen) atoms. The number of amides is 1. The zero-order valence-corrected chi connectivity index (χ0v) is 19.2. The van der Waals surface area contributed by atoms with Crippen molar-refractivity contribution in [1.29, 1.82) is 0 Å². The third kappa shape index (κ3) is 5.69. The molecule has 4 nitrogen and oxygen atoms in total. The highest BCUT2D eigenvalue weighted by molar-refractivity contribution is 8.00. The van der Waals surface area contributed by atoms with E-state index < -0.39 is 34.6 Å². The maximum absolute atomic E-state index is 14.4. The summed E-state index contributed by atoms with van der Waals surface area (Å²) < 4.78 is 59.6. The van der Waals surface area contributed by atoms with Crippen LogP contribution in [-0.4, -0.2) is 23.7 Å². The van der Waals surface area contributed by atoms with Crippen molar-refractivity contribution in [2.45, 2.75) is 56.1 Å². The summed E-state index contributed by atoms with van der Waals surface area (Å²) in [4.78, 5) is 25.2. The molecule has 0 unspecified atom stereocenters. The Morgan fingerprint density at radius 1 is 1.03 bits per heavy atom. The van der Waals surface area contributed by atoms with Gasteiger partial charge < -0.3 is 10.1 Å². The van der Waals surface area contributed by atoms with Crippen molar-refractivity contribution in [3.8, 4) is 0 Å². The van der Waals surface area contributed by atoms with E-state index in [-0.39, 0.29) is 27.4 Å². The highest BCUT2D eigenvalue weighted by atomic mass is 32.2. The van der Waals surface area contributed by atoms with Crippen molar-refractivity contribution >= 4 is 29.3 Å². The van der Waals surface area contributed by atoms with Crippen molar-refractivity contribution in [1.82, 2.24) is 0 Å². The summed E-state index contributed by atoms with van der Waals surface area (Å²) in [6.45, 7) is 4.07. The quantitative estimate of drug-likeness (QED) is 0.278. The standard InChI is InChI=1S/C24H25F4NO3S/c1-3-24(23(31)32-4-2)9-7-16(8-10-24)33-20-11-14(5-6-17(20)25)22(30)29-15-12-18(26)21(28)19(27)13-15/h5-6,11-13,16H,3-4,7-10H2,1-2H3,(H,29,30). The Balaban J connectivity index is 1.68. The van der Waals surface area contributed by atoms with Crippen LogP contribution in [0.15, 0.2) is 35.2 Å². The van der Waals surface area contributed by atoms with Gasteiger partial charge in [0.1, 0.15) is 5.82 Å². The molecular weight excluding hydrogens is 458 g/mol. The Hall–Kier alpha value is -2.55. The predicted molar refractivity (Wildman–Crippen MR) is 118 cm³/mol. The lowest BCUT2D eigenvalue weighted by Gasteiger charge is -2.37. The SMILES string of the molecule is CCOC(=O)C1(CC)CCC(Sc2cc(C(=O)Nc3cc(F)c(F)c(F)c3)ccc2F)CC1. The van der Waals surface area contributed by atoms with E-state index in [4.69, 9.17) is 4.74 Å². The van der Waals surface area contributed by atoms with Crippen molar-refractivity contribution in [3.63, 3.8) is 0 Å². The van der Waals surface area contributed by atoms with Gasteiger partial charge in [0, 0.05) is 33.5 Å².